The molecule has 14 heavy (non-hydrogen) atoms. The molecule has 84 valence electrons. The molecular weight excluding hydrogens is 176 g/mol. The van der Waals surface area contributed by atoms with Gasteiger partial charge in [0.2, 0.25) is 0 Å². The van der Waals surface area contributed by atoms with Gasteiger partial charge in [-0.1, -0.05) is 19.8 Å². The molecule has 0 heterocycles. The van der Waals surface area contributed by atoms with Gasteiger partial charge in [0.25, 0.3) is 0 Å². The summed E-state index contributed by atoms with van der Waals surface area (Å²) >= 11 is 0. The van der Waals surface area contributed by atoms with E-state index in [9.17, 15) is 5.11 Å². The summed E-state index contributed by atoms with van der Waals surface area (Å²) in [6.07, 6.45) is 5.26. The number of hydrogen-bond acceptors (Lipinski definition) is 3. The summed E-state index contributed by atoms with van der Waals surface area (Å²) in [4.78, 5) is 2.28. The summed E-state index contributed by atoms with van der Waals surface area (Å²) in [6, 6.07) is 0.755. The summed E-state index contributed by atoms with van der Waals surface area (Å²) in [7, 11) is 2.10. The van der Waals surface area contributed by atoms with Gasteiger partial charge < -0.3 is 10.8 Å². The summed E-state index contributed by atoms with van der Waals surface area (Å²) in [5, 5.41) is 9.19. The van der Waals surface area contributed by atoms with Gasteiger partial charge in [-0.2, -0.15) is 0 Å². The van der Waals surface area contributed by atoms with Crippen LogP contribution in [0.3, 0.4) is 0 Å². The van der Waals surface area contributed by atoms with Crippen LogP contribution in [0.1, 0.15) is 32.6 Å². The Morgan fingerprint density at radius 1 is 1.43 bits per heavy atom. The van der Waals surface area contributed by atoms with Crippen molar-refractivity contribution in [2.45, 2.75) is 44.7 Å². The van der Waals surface area contributed by atoms with Crippen molar-refractivity contribution in [3.63, 3.8) is 0 Å². The van der Waals surface area contributed by atoms with Gasteiger partial charge in [-0.25, -0.2) is 0 Å². The van der Waals surface area contributed by atoms with Crippen molar-refractivity contribution in [1.82, 2.24) is 4.90 Å². The maximum atomic E-state index is 9.19. The molecule has 0 aliphatic heterocycles. The van der Waals surface area contributed by atoms with Gasteiger partial charge in [-0.05, 0) is 25.8 Å². The van der Waals surface area contributed by atoms with Gasteiger partial charge in [0.15, 0.2) is 0 Å². The van der Waals surface area contributed by atoms with Crippen LogP contribution in [0.25, 0.3) is 0 Å². The summed E-state index contributed by atoms with van der Waals surface area (Å²) < 4.78 is 0. The van der Waals surface area contributed by atoms with Crippen molar-refractivity contribution in [2.75, 3.05) is 20.2 Å². The molecule has 0 amide bonds. The quantitative estimate of drug-likeness (QED) is 0.706. The Bertz CT molecular complexity index is 159. The van der Waals surface area contributed by atoms with Gasteiger partial charge >= 0.3 is 0 Å². The SMILES string of the molecule is CC1CCCCC1N(C)C(CN)CO. The molecule has 0 spiro atoms. The highest BCUT2D eigenvalue weighted by atomic mass is 16.3. The number of aliphatic hydroxyl groups is 1. The van der Waals surface area contributed by atoms with E-state index in [0.29, 0.717) is 12.6 Å². The first-order chi connectivity index (χ1) is 6.70. The summed E-state index contributed by atoms with van der Waals surface area (Å²) in [6.45, 7) is 3.04. The minimum absolute atomic E-state index is 0.139. The van der Waals surface area contributed by atoms with E-state index in [0.717, 1.165) is 5.92 Å². The van der Waals surface area contributed by atoms with Crippen LogP contribution >= 0.6 is 0 Å². The maximum Gasteiger partial charge on any atom is 0.0599 e. The Labute approximate surface area is 87.3 Å². The van der Waals surface area contributed by atoms with Crippen LogP contribution in [0.15, 0.2) is 0 Å². The number of likely N-dealkylation sites (N-methyl/N-ethyl adjacent to an activating group) is 1. The molecular formula is C11H24N2O. The van der Waals surface area contributed by atoms with Gasteiger partial charge in [0.05, 0.1) is 6.61 Å². The highest BCUT2D eigenvalue weighted by molar-refractivity contribution is 4.83. The molecule has 0 aromatic heterocycles. The Kier molecular flexibility index (Phi) is 4.85. The molecule has 3 nitrogen and oxygen atoms in total. The predicted octanol–water partition coefficient (Wildman–Crippen LogP) is 0.817. The fourth-order valence-electron chi connectivity index (χ4n) is 2.54. The number of aliphatic hydroxyl groups excluding tert-OH is 1. The molecule has 3 unspecified atom stereocenters. The van der Waals surface area contributed by atoms with Crippen LogP contribution in [-0.4, -0.2) is 42.3 Å². The third-order valence-corrected chi connectivity index (χ3v) is 3.65. The molecule has 3 N–H and O–H groups in total. The third-order valence-electron chi connectivity index (χ3n) is 3.65. The van der Waals surface area contributed by atoms with E-state index in [1.54, 1.807) is 0 Å². The molecule has 3 heteroatoms. The number of rotatable bonds is 4. The molecule has 0 radical (unpaired) electrons. The van der Waals surface area contributed by atoms with Crippen LogP contribution in [0, 0.1) is 5.92 Å². The summed E-state index contributed by atoms with van der Waals surface area (Å²) in [5.41, 5.74) is 5.63. The largest absolute Gasteiger partial charge is 0.395 e. The van der Waals surface area contributed by atoms with E-state index >= 15 is 0 Å². The lowest BCUT2D eigenvalue weighted by molar-refractivity contribution is 0.0668. The monoisotopic (exact) mass is 200 g/mol. The standard InChI is InChI=1S/C11H24N2O/c1-9-5-3-4-6-11(9)13(2)10(7-12)8-14/h9-11,14H,3-8,12H2,1-2H3. The lowest BCUT2D eigenvalue weighted by atomic mass is 9.84. The van der Waals surface area contributed by atoms with Crippen molar-refractivity contribution in [1.29, 1.82) is 0 Å². The molecule has 1 fully saturated rings. The molecule has 0 aromatic carbocycles. The zero-order chi connectivity index (χ0) is 10.6. The van der Waals surface area contributed by atoms with E-state index in [-0.39, 0.29) is 12.6 Å². The van der Waals surface area contributed by atoms with Crippen molar-refractivity contribution < 1.29 is 5.11 Å². The van der Waals surface area contributed by atoms with Gasteiger partial charge in [-0.3, -0.25) is 4.90 Å². The topological polar surface area (TPSA) is 49.5 Å². The average Bonchev–Trinajstić information content (AvgIpc) is 2.20. The lowest BCUT2D eigenvalue weighted by Crippen LogP contribution is -2.49. The van der Waals surface area contributed by atoms with Crippen LogP contribution in [0.4, 0.5) is 0 Å². The Balaban J connectivity index is 2.52. The predicted molar refractivity (Wildman–Crippen MR) is 59.1 cm³/mol. The second kappa shape index (κ2) is 5.69. The smallest absolute Gasteiger partial charge is 0.0599 e. The summed E-state index contributed by atoms with van der Waals surface area (Å²) in [5.74, 6) is 0.745. The second-order valence-electron chi connectivity index (χ2n) is 4.57. The molecule has 0 saturated heterocycles. The first-order valence-electron chi connectivity index (χ1n) is 5.73. The Hall–Kier alpha value is -0.120. The van der Waals surface area contributed by atoms with E-state index < -0.39 is 0 Å². The van der Waals surface area contributed by atoms with Gasteiger partial charge in [-0.15, -0.1) is 0 Å². The molecule has 1 saturated carbocycles. The third kappa shape index (κ3) is 2.69. The van der Waals surface area contributed by atoms with E-state index in [1.807, 2.05) is 0 Å². The van der Waals surface area contributed by atoms with Gasteiger partial charge in [0, 0.05) is 18.6 Å². The van der Waals surface area contributed by atoms with E-state index in [2.05, 4.69) is 18.9 Å². The van der Waals surface area contributed by atoms with Crippen LogP contribution in [0.2, 0.25) is 0 Å². The maximum absolute atomic E-state index is 9.19. The number of hydrogen-bond donors (Lipinski definition) is 2. The Morgan fingerprint density at radius 3 is 2.57 bits per heavy atom. The lowest BCUT2D eigenvalue weighted by Gasteiger charge is -2.39. The Morgan fingerprint density at radius 2 is 2.07 bits per heavy atom. The molecule has 0 bridgehead atoms. The second-order valence-corrected chi connectivity index (χ2v) is 4.57. The van der Waals surface area contributed by atoms with Crippen molar-refractivity contribution >= 4 is 0 Å². The van der Waals surface area contributed by atoms with E-state index in [1.165, 1.54) is 25.7 Å². The molecule has 1 aliphatic rings. The fraction of sp³-hybridized carbons (Fsp3) is 1.00. The zero-order valence-electron chi connectivity index (χ0n) is 9.45. The van der Waals surface area contributed by atoms with Crippen molar-refractivity contribution in [2.24, 2.45) is 11.7 Å². The van der Waals surface area contributed by atoms with E-state index in [4.69, 9.17) is 5.73 Å². The zero-order valence-corrected chi connectivity index (χ0v) is 9.45. The highest BCUT2D eigenvalue weighted by Gasteiger charge is 2.28. The molecule has 0 aromatic rings. The number of nitrogens with zero attached hydrogens (tertiary/aromatic N) is 1. The van der Waals surface area contributed by atoms with Crippen LogP contribution < -0.4 is 5.73 Å². The fourth-order valence-corrected chi connectivity index (χ4v) is 2.54. The minimum atomic E-state index is 0.139. The first kappa shape index (κ1) is 12.0. The molecule has 1 rings (SSSR count). The average molecular weight is 200 g/mol. The van der Waals surface area contributed by atoms with Crippen LogP contribution in [-0.2, 0) is 0 Å². The number of nitrogens with two attached hydrogens (primary N) is 1. The van der Waals surface area contributed by atoms with Crippen molar-refractivity contribution in [3.8, 4) is 0 Å². The van der Waals surface area contributed by atoms with Crippen LogP contribution in [0.5, 0.6) is 0 Å². The molecule has 3 atom stereocenters. The van der Waals surface area contributed by atoms with Gasteiger partial charge in [0.1, 0.15) is 0 Å². The molecule has 1 aliphatic carbocycles. The highest BCUT2D eigenvalue weighted by Crippen LogP contribution is 2.28. The normalized spacial score (nSPS) is 30.6. The first-order valence-corrected chi connectivity index (χ1v) is 5.73. The minimum Gasteiger partial charge on any atom is -0.395 e. The van der Waals surface area contributed by atoms with Crippen molar-refractivity contribution in [3.05, 3.63) is 0 Å².